The molecule has 1 rings (SSSR count). The highest BCUT2D eigenvalue weighted by Gasteiger charge is 1.99. The first-order chi connectivity index (χ1) is 7.63. The van der Waals surface area contributed by atoms with E-state index in [1.54, 1.807) is 18.2 Å². The molecule has 0 aliphatic rings. The van der Waals surface area contributed by atoms with Crippen molar-refractivity contribution in [2.45, 2.75) is 13.5 Å². The summed E-state index contributed by atoms with van der Waals surface area (Å²) in [7, 11) is 0. The Bertz CT molecular complexity index is 399. The molecular weight excluding hydrogens is 224 g/mol. The van der Waals surface area contributed by atoms with Gasteiger partial charge < -0.3 is 10.2 Å². The molecule has 2 N–H and O–H groups in total. The third-order valence-corrected chi connectivity index (χ3v) is 2.73. The van der Waals surface area contributed by atoms with Crippen LogP contribution in [-0.2, 0) is 11.4 Å². The van der Waals surface area contributed by atoms with Crippen LogP contribution in [0.5, 0.6) is 5.75 Å². The van der Waals surface area contributed by atoms with Crippen LogP contribution < -0.4 is 0 Å². The molecule has 0 saturated heterocycles. The molecule has 0 heterocycles. The number of aromatic hydroxyl groups is 1. The first kappa shape index (κ1) is 12.8. The molecule has 86 valence electrons. The molecule has 0 aliphatic heterocycles. The smallest absolute Gasteiger partial charge is 0.186 e. The lowest BCUT2D eigenvalue weighted by molar-refractivity contribution is -0.109. The summed E-state index contributed by atoms with van der Waals surface area (Å²) in [5, 5.41) is 18.4. The van der Waals surface area contributed by atoms with Gasteiger partial charge in [-0.1, -0.05) is 30.0 Å². The molecule has 0 unspecified atom stereocenters. The van der Waals surface area contributed by atoms with Gasteiger partial charge in [0.25, 0.3) is 0 Å². The van der Waals surface area contributed by atoms with E-state index in [1.807, 2.05) is 12.2 Å². The maximum atomic E-state index is 10.7. The molecule has 0 radical (unpaired) electrons. The van der Waals surface area contributed by atoms with Gasteiger partial charge in [-0.15, -0.1) is 0 Å². The standard InChI is InChI=1S/C12H14O3S/c1-9(14)16-6-2-3-10-4-5-12(15)11(7-10)8-13/h2-5,7,13,15H,6,8H2,1H3. The minimum atomic E-state index is -0.185. The van der Waals surface area contributed by atoms with Crippen LogP contribution in [-0.4, -0.2) is 21.1 Å². The van der Waals surface area contributed by atoms with Crippen molar-refractivity contribution in [3.63, 3.8) is 0 Å². The van der Waals surface area contributed by atoms with Crippen LogP contribution in [0.15, 0.2) is 24.3 Å². The number of carbonyl (C=O) groups is 1. The summed E-state index contributed by atoms with van der Waals surface area (Å²) in [6.07, 6.45) is 3.73. The summed E-state index contributed by atoms with van der Waals surface area (Å²) >= 11 is 1.24. The first-order valence-electron chi connectivity index (χ1n) is 4.86. The average Bonchev–Trinajstić information content (AvgIpc) is 2.26. The minimum absolute atomic E-state index is 0.0893. The minimum Gasteiger partial charge on any atom is -0.508 e. The Morgan fingerprint density at radius 1 is 1.50 bits per heavy atom. The highest BCUT2D eigenvalue weighted by atomic mass is 32.2. The largest absolute Gasteiger partial charge is 0.508 e. The quantitative estimate of drug-likeness (QED) is 0.844. The van der Waals surface area contributed by atoms with Crippen molar-refractivity contribution < 1.29 is 15.0 Å². The molecule has 4 heteroatoms. The van der Waals surface area contributed by atoms with Crippen molar-refractivity contribution in [1.29, 1.82) is 0 Å². The second-order valence-corrected chi connectivity index (χ2v) is 4.45. The van der Waals surface area contributed by atoms with Gasteiger partial charge in [0.1, 0.15) is 5.75 Å². The Morgan fingerprint density at radius 3 is 2.88 bits per heavy atom. The third-order valence-electron chi connectivity index (χ3n) is 1.97. The SMILES string of the molecule is CC(=O)SCC=Cc1ccc(O)c(CO)c1. The predicted octanol–water partition coefficient (Wildman–Crippen LogP) is 2.18. The Hall–Kier alpha value is -1.26. The van der Waals surface area contributed by atoms with E-state index in [2.05, 4.69) is 0 Å². The van der Waals surface area contributed by atoms with Crippen LogP contribution >= 0.6 is 11.8 Å². The van der Waals surface area contributed by atoms with E-state index in [0.717, 1.165) is 5.56 Å². The van der Waals surface area contributed by atoms with E-state index in [1.165, 1.54) is 18.7 Å². The summed E-state index contributed by atoms with van der Waals surface area (Å²) < 4.78 is 0. The van der Waals surface area contributed by atoms with Crippen molar-refractivity contribution in [2.24, 2.45) is 0 Å². The Labute approximate surface area is 98.8 Å². The van der Waals surface area contributed by atoms with Gasteiger partial charge in [-0.2, -0.15) is 0 Å². The molecule has 0 bridgehead atoms. The number of phenols is 1. The zero-order chi connectivity index (χ0) is 12.0. The van der Waals surface area contributed by atoms with Crippen LogP contribution in [0.2, 0.25) is 0 Å². The van der Waals surface area contributed by atoms with Crippen LogP contribution in [0.1, 0.15) is 18.1 Å². The van der Waals surface area contributed by atoms with Gasteiger partial charge in [0.05, 0.1) is 6.61 Å². The number of rotatable bonds is 4. The molecule has 1 aromatic carbocycles. The fourth-order valence-corrected chi connectivity index (χ4v) is 1.61. The molecule has 0 atom stereocenters. The van der Waals surface area contributed by atoms with Crippen LogP contribution in [0.3, 0.4) is 0 Å². The molecule has 0 amide bonds. The normalized spacial score (nSPS) is 10.9. The lowest BCUT2D eigenvalue weighted by atomic mass is 10.1. The third kappa shape index (κ3) is 4.08. The summed E-state index contributed by atoms with van der Waals surface area (Å²) in [6, 6.07) is 5.01. The highest BCUT2D eigenvalue weighted by molar-refractivity contribution is 8.13. The van der Waals surface area contributed by atoms with E-state index < -0.39 is 0 Å². The average molecular weight is 238 g/mol. The Balaban J connectivity index is 2.63. The molecule has 16 heavy (non-hydrogen) atoms. The molecule has 3 nitrogen and oxygen atoms in total. The zero-order valence-corrected chi connectivity index (χ0v) is 9.83. The van der Waals surface area contributed by atoms with E-state index in [0.29, 0.717) is 11.3 Å². The number of hydrogen-bond acceptors (Lipinski definition) is 4. The van der Waals surface area contributed by atoms with Gasteiger partial charge in [0.15, 0.2) is 5.12 Å². The number of aliphatic hydroxyl groups is 1. The monoisotopic (exact) mass is 238 g/mol. The molecular formula is C12H14O3S. The maximum Gasteiger partial charge on any atom is 0.186 e. The number of benzene rings is 1. The molecule has 0 aromatic heterocycles. The fourth-order valence-electron chi connectivity index (χ4n) is 1.19. The van der Waals surface area contributed by atoms with Crippen LogP contribution in [0.25, 0.3) is 6.08 Å². The van der Waals surface area contributed by atoms with E-state index in [4.69, 9.17) is 5.11 Å². The number of hydrogen-bond donors (Lipinski definition) is 2. The molecule has 0 spiro atoms. The predicted molar refractivity (Wildman–Crippen MR) is 66.2 cm³/mol. The van der Waals surface area contributed by atoms with Crippen molar-refractivity contribution >= 4 is 23.0 Å². The zero-order valence-electron chi connectivity index (χ0n) is 9.01. The second-order valence-electron chi connectivity index (χ2n) is 3.25. The fraction of sp³-hybridized carbons (Fsp3) is 0.250. The highest BCUT2D eigenvalue weighted by Crippen LogP contribution is 2.19. The molecule has 0 aliphatic carbocycles. The number of aliphatic hydroxyl groups excluding tert-OH is 1. The lowest BCUT2D eigenvalue weighted by Crippen LogP contribution is -1.85. The lowest BCUT2D eigenvalue weighted by Gasteiger charge is -2.01. The first-order valence-corrected chi connectivity index (χ1v) is 5.84. The van der Waals surface area contributed by atoms with Gasteiger partial charge >= 0.3 is 0 Å². The maximum absolute atomic E-state index is 10.7. The molecule has 0 fully saturated rings. The van der Waals surface area contributed by atoms with Gasteiger partial charge in [-0.3, -0.25) is 4.79 Å². The summed E-state index contributed by atoms with van der Waals surface area (Å²) in [5.74, 6) is 0.725. The van der Waals surface area contributed by atoms with E-state index in [-0.39, 0.29) is 17.5 Å². The van der Waals surface area contributed by atoms with Crippen molar-refractivity contribution in [3.8, 4) is 5.75 Å². The van der Waals surface area contributed by atoms with Crippen LogP contribution in [0, 0.1) is 0 Å². The topological polar surface area (TPSA) is 57.5 Å². The van der Waals surface area contributed by atoms with Crippen molar-refractivity contribution in [2.75, 3.05) is 5.75 Å². The number of carbonyl (C=O) groups excluding carboxylic acids is 1. The molecule has 0 saturated carbocycles. The van der Waals surface area contributed by atoms with E-state index in [9.17, 15) is 9.90 Å². The van der Waals surface area contributed by atoms with Crippen molar-refractivity contribution in [3.05, 3.63) is 35.4 Å². The Morgan fingerprint density at radius 2 is 2.25 bits per heavy atom. The number of thioether (sulfide) groups is 1. The Kier molecular flexibility index (Phi) is 5.08. The van der Waals surface area contributed by atoms with Crippen molar-refractivity contribution in [1.82, 2.24) is 0 Å². The summed E-state index contributed by atoms with van der Waals surface area (Å²) in [4.78, 5) is 10.7. The van der Waals surface area contributed by atoms with Crippen LogP contribution in [0.4, 0.5) is 0 Å². The van der Waals surface area contributed by atoms with Gasteiger partial charge in [0, 0.05) is 18.2 Å². The summed E-state index contributed by atoms with van der Waals surface area (Å²) in [5.41, 5.74) is 1.40. The second kappa shape index (κ2) is 6.35. The molecule has 1 aromatic rings. The van der Waals surface area contributed by atoms with Gasteiger partial charge in [-0.25, -0.2) is 0 Å². The van der Waals surface area contributed by atoms with E-state index >= 15 is 0 Å². The summed E-state index contributed by atoms with van der Waals surface area (Å²) in [6.45, 7) is 1.35. The van der Waals surface area contributed by atoms with Gasteiger partial charge in [0.2, 0.25) is 0 Å². The van der Waals surface area contributed by atoms with Gasteiger partial charge in [-0.05, 0) is 17.7 Å².